The van der Waals surface area contributed by atoms with Gasteiger partial charge in [0.25, 0.3) is 5.91 Å². The van der Waals surface area contributed by atoms with Crippen molar-refractivity contribution in [2.45, 2.75) is 12.8 Å². The highest BCUT2D eigenvalue weighted by atomic mass is 32.1. The maximum atomic E-state index is 12.5. The lowest BCUT2D eigenvalue weighted by Gasteiger charge is -2.13. The number of nitrogens with one attached hydrogen (secondary N) is 1. The number of para-hydroxylation sites is 1. The molecule has 3 aromatic rings. The Balaban J connectivity index is 1.63. The molecule has 7 heteroatoms. The summed E-state index contributed by atoms with van der Waals surface area (Å²) in [5.74, 6) is -0.280. The van der Waals surface area contributed by atoms with Crippen LogP contribution in [-0.2, 0) is 0 Å². The number of hydrogen-bond acceptors (Lipinski definition) is 6. The Morgan fingerprint density at radius 3 is 2.79 bits per heavy atom. The molecule has 0 aliphatic heterocycles. The van der Waals surface area contributed by atoms with Crippen molar-refractivity contribution < 1.29 is 9.90 Å². The molecule has 0 radical (unpaired) electrons. The van der Waals surface area contributed by atoms with Crippen molar-refractivity contribution in [1.29, 1.82) is 0 Å². The first kappa shape index (κ1) is 15.2. The summed E-state index contributed by atoms with van der Waals surface area (Å²) in [6.45, 7) is 0.552. The van der Waals surface area contributed by atoms with Gasteiger partial charge in [-0.05, 0) is 25.0 Å². The van der Waals surface area contributed by atoms with Crippen LogP contribution < -0.4 is 5.32 Å². The van der Waals surface area contributed by atoms with Crippen LogP contribution in [0.3, 0.4) is 0 Å². The Labute approximate surface area is 142 Å². The third-order valence-corrected chi connectivity index (χ3v) is 5.37. The summed E-state index contributed by atoms with van der Waals surface area (Å²) >= 11 is 1.49. The maximum absolute atomic E-state index is 12.5. The first-order valence-electron chi connectivity index (χ1n) is 7.77. The smallest absolute Gasteiger partial charge is 0.272 e. The monoisotopic (exact) mass is 340 g/mol. The Hall–Kier alpha value is -2.38. The Morgan fingerprint density at radius 2 is 2.04 bits per heavy atom. The third kappa shape index (κ3) is 2.76. The van der Waals surface area contributed by atoms with Gasteiger partial charge in [0.15, 0.2) is 5.69 Å². The van der Waals surface area contributed by atoms with Gasteiger partial charge in [-0.25, -0.2) is 15.0 Å². The Bertz CT molecular complexity index is 871. The van der Waals surface area contributed by atoms with E-state index in [2.05, 4.69) is 20.3 Å². The molecule has 0 spiro atoms. The molecule has 1 fully saturated rings. The number of carbonyl (C=O) groups excluding carboxylic acids is 1. The van der Waals surface area contributed by atoms with E-state index in [1.807, 2.05) is 24.3 Å². The molecule has 0 bridgehead atoms. The average molecular weight is 340 g/mol. The number of rotatable bonds is 5. The van der Waals surface area contributed by atoms with Crippen LogP contribution in [0, 0.1) is 5.41 Å². The number of amides is 1. The molecule has 6 nitrogen and oxygen atoms in total. The number of aliphatic hydroxyl groups is 1. The van der Waals surface area contributed by atoms with Crippen molar-refractivity contribution in [2.24, 2.45) is 5.41 Å². The van der Waals surface area contributed by atoms with Crippen molar-refractivity contribution >= 4 is 27.5 Å². The molecule has 0 saturated heterocycles. The maximum Gasteiger partial charge on any atom is 0.272 e. The summed E-state index contributed by atoms with van der Waals surface area (Å²) in [5, 5.41) is 12.9. The highest BCUT2D eigenvalue weighted by Gasteiger charge is 2.42. The fraction of sp³-hybridized carbons (Fsp3) is 0.294. The lowest BCUT2D eigenvalue weighted by Crippen LogP contribution is -2.32. The molecule has 4 rings (SSSR count). The fourth-order valence-corrected chi connectivity index (χ4v) is 3.52. The summed E-state index contributed by atoms with van der Waals surface area (Å²) in [6, 6.07) is 7.81. The SMILES string of the molecule is O=C(NCC1(CO)CC1)c1nccnc1-c1nc2ccccc2s1. The van der Waals surface area contributed by atoms with E-state index < -0.39 is 0 Å². The highest BCUT2D eigenvalue weighted by molar-refractivity contribution is 7.21. The van der Waals surface area contributed by atoms with Crippen LogP contribution >= 0.6 is 11.3 Å². The van der Waals surface area contributed by atoms with Crippen molar-refractivity contribution in [1.82, 2.24) is 20.3 Å². The summed E-state index contributed by atoms with van der Waals surface area (Å²) < 4.78 is 1.04. The minimum Gasteiger partial charge on any atom is -0.396 e. The molecule has 0 unspecified atom stereocenters. The molecule has 1 aliphatic carbocycles. The summed E-state index contributed by atoms with van der Waals surface area (Å²) in [5.41, 5.74) is 1.50. The second-order valence-electron chi connectivity index (χ2n) is 6.08. The van der Waals surface area contributed by atoms with Gasteiger partial charge in [-0.15, -0.1) is 11.3 Å². The number of hydrogen-bond donors (Lipinski definition) is 2. The van der Waals surface area contributed by atoms with Crippen LogP contribution in [0.1, 0.15) is 23.3 Å². The van der Waals surface area contributed by atoms with Gasteiger partial charge in [0.2, 0.25) is 0 Å². The van der Waals surface area contributed by atoms with Crippen LogP contribution in [0.2, 0.25) is 0 Å². The van der Waals surface area contributed by atoms with Crippen LogP contribution in [0.25, 0.3) is 20.9 Å². The topological polar surface area (TPSA) is 88.0 Å². The van der Waals surface area contributed by atoms with Gasteiger partial charge >= 0.3 is 0 Å². The number of carbonyl (C=O) groups is 1. The van der Waals surface area contributed by atoms with Gasteiger partial charge in [0, 0.05) is 24.4 Å². The molecule has 1 aliphatic rings. The van der Waals surface area contributed by atoms with Crippen molar-refractivity contribution in [3.05, 3.63) is 42.4 Å². The molecule has 2 heterocycles. The first-order chi connectivity index (χ1) is 11.7. The van der Waals surface area contributed by atoms with E-state index >= 15 is 0 Å². The third-order valence-electron chi connectivity index (χ3n) is 4.33. The van der Waals surface area contributed by atoms with E-state index in [9.17, 15) is 9.90 Å². The van der Waals surface area contributed by atoms with E-state index in [1.54, 1.807) is 6.20 Å². The van der Waals surface area contributed by atoms with Gasteiger partial charge in [-0.2, -0.15) is 0 Å². The summed E-state index contributed by atoms with van der Waals surface area (Å²) in [4.78, 5) is 25.6. The van der Waals surface area contributed by atoms with Crippen molar-refractivity contribution in [3.63, 3.8) is 0 Å². The zero-order valence-electron chi connectivity index (χ0n) is 12.9. The fourth-order valence-electron chi connectivity index (χ4n) is 2.55. The highest BCUT2D eigenvalue weighted by Crippen LogP contribution is 2.44. The van der Waals surface area contributed by atoms with E-state index in [-0.39, 0.29) is 23.6 Å². The minimum atomic E-state index is -0.280. The second-order valence-corrected chi connectivity index (χ2v) is 7.11. The second kappa shape index (κ2) is 5.92. The zero-order valence-corrected chi connectivity index (χ0v) is 13.7. The molecular weight excluding hydrogens is 324 g/mol. The number of thiazole rings is 1. The van der Waals surface area contributed by atoms with Crippen molar-refractivity contribution in [3.8, 4) is 10.7 Å². The van der Waals surface area contributed by atoms with Gasteiger partial charge in [-0.1, -0.05) is 12.1 Å². The molecule has 1 amide bonds. The van der Waals surface area contributed by atoms with Gasteiger partial charge in [0.1, 0.15) is 10.7 Å². The number of nitrogens with zero attached hydrogens (tertiary/aromatic N) is 3. The molecule has 2 N–H and O–H groups in total. The van der Waals surface area contributed by atoms with E-state index in [0.717, 1.165) is 23.1 Å². The first-order valence-corrected chi connectivity index (χ1v) is 8.58. The predicted molar refractivity (Wildman–Crippen MR) is 91.7 cm³/mol. The van der Waals surface area contributed by atoms with E-state index in [4.69, 9.17) is 0 Å². The number of benzene rings is 1. The summed E-state index contributed by atoms with van der Waals surface area (Å²) in [6.07, 6.45) is 4.95. The summed E-state index contributed by atoms with van der Waals surface area (Å²) in [7, 11) is 0. The number of aliphatic hydroxyl groups excluding tert-OH is 1. The zero-order chi connectivity index (χ0) is 16.6. The number of aromatic nitrogens is 3. The Kier molecular flexibility index (Phi) is 3.74. The van der Waals surface area contributed by atoms with E-state index in [1.165, 1.54) is 17.5 Å². The van der Waals surface area contributed by atoms with Gasteiger partial charge < -0.3 is 10.4 Å². The van der Waals surface area contributed by atoms with Gasteiger partial charge in [-0.3, -0.25) is 4.79 Å². The molecule has 0 atom stereocenters. The van der Waals surface area contributed by atoms with Gasteiger partial charge in [0.05, 0.1) is 16.8 Å². The normalized spacial score (nSPS) is 15.4. The molecule has 2 aromatic heterocycles. The Morgan fingerprint density at radius 1 is 1.25 bits per heavy atom. The quantitative estimate of drug-likeness (QED) is 0.744. The van der Waals surface area contributed by atoms with Crippen LogP contribution in [0.4, 0.5) is 0 Å². The van der Waals surface area contributed by atoms with Crippen LogP contribution in [0.15, 0.2) is 36.7 Å². The van der Waals surface area contributed by atoms with Crippen LogP contribution in [0.5, 0.6) is 0 Å². The average Bonchev–Trinajstić information content (AvgIpc) is 3.29. The molecule has 1 saturated carbocycles. The lowest BCUT2D eigenvalue weighted by atomic mass is 10.1. The number of fused-ring (bicyclic) bond motifs is 1. The molecule has 1 aromatic carbocycles. The standard InChI is InChI=1S/C17H16N4O2S/c22-10-17(5-6-17)9-20-15(23)13-14(19-8-7-18-13)16-21-11-3-1-2-4-12(11)24-16/h1-4,7-8,22H,5-6,9-10H2,(H,20,23). The predicted octanol–water partition coefficient (Wildman–Crippen LogP) is 2.26. The van der Waals surface area contributed by atoms with E-state index in [0.29, 0.717) is 17.2 Å². The molecular formula is C17H16N4O2S. The molecule has 122 valence electrons. The lowest BCUT2D eigenvalue weighted by molar-refractivity contribution is 0.0930. The van der Waals surface area contributed by atoms with Crippen LogP contribution in [-0.4, -0.2) is 39.1 Å². The minimum absolute atomic E-state index is 0.0957. The van der Waals surface area contributed by atoms with Crippen molar-refractivity contribution in [2.75, 3.05) is 13.2 Å². The largest absolute Gasteiger partial charge is 0.396 e. The molecule has 24 heavy (non-hydrogen) atoms.